The first-order valence-corrected chi connectivity index (χ1v) is 6.89. The van der Waals surface area contributed by atoms with Gasteiger partial charge in [-0.1, -0.05) is 39.8 Å². The van der Waals surface area contributed by atoms with Crippen LogP contribution in [0.5, 0.6) is 0 Å². The third kappa shape index (κ3) is 4.41. The lowest BCUT2D eigenvalue weighted by Gasteiger charge is -2.33. The van der Waals surface area contributed by atoms with Gasteiger partial charge in [0.2, 0.25) is 0 Å². The fraction of sp³-hybridized carbons (Fsp3) is 0.857. The van der Waals surface area contributed by atoms with Crippen molar-refractivity contribution >= 4 is 0 Å². The molecule has 0 fully saturated rings. The standard InChI is InChI=1S/C14H28N4/c1-11(2)8-15-10-14(5,12(3)4)7-13-9-18(6)17-16-13/h9,11-12,15H,7-8,10H2,1-6H3. The molecule has 0 spiro atoms. The molecular formula is C14H28N4. The van der Waals surface area contributed by atoms with E-state index >= 15 is 0 Å². The molecule has 0 saturated carbocycles. The lowest BCUT2D eigenvalue weighted by molar-refractivity contribution is 0.203. The molecule has 4 heteroatoms. The summed E-state index contributed by atoms with van der Waals surface area (Å²) in [5.41, 5.74) is 1.31. The highest BCUT2D eigenvalue weighted by Crippen LogP contribution is 2.30. The first-order valence-electron chi connectivity index (χ1n) is 6.89. The normalized spacial score (nSPS) is 15.3. The Morgan fingerprint density at radius 3 is 2.44 bits per heavy atom. The molecule has 0 aromatic carbocycles. The average Bonchev–Trinajstić information content (AvgIpc) is 2.62. The maximum atomic E-state index is 4.21. The summed E-state index contributed by atoms with van der Waals surface area (Å²) in [5, 5.41) is 11.8. The zero-order chi connectivity index (χ0) is 13.8. The van der Waals surface area contributed by atoms with E-state index in [1.54, 1.807) is 4.68 Å². The van der Waals surface area contributed by atoms with Gasteiger partial charge in [-0.05, 0) is 30.2 Å². The minimum absolute atomic E-state index is 0.227. The summed E-state index contributed by atoms with van der Waals surface area (Å²) >= 11 is 0. The van der Waals surface area contributed by atoms with Gasteiger partial charge in [-0.25, -0.2) is 0 Å². The van der Waals surface area contributed by atoms with Crippen LogP contribution in [0.2, 0.25) is 0 Å². The zero-order valence-electron chi connectivity index (χ0n) is 12.7. The number of hydrogen-bond acceptors (Lipinski definition) is 3. The van der Waals surface area contributed by atoms with Crippen LogP contribution in [0.3, 0.4) is 0 Å². The van der Waals surface area contributed by atoms with Gasteiger partial charge in [0.15, 0.2) is 0 Å². The van der Waals surface area contributed by atoms with Crippen LogP contribution >= 0.6 is 0 Å². The van der Waals surface area contributed by atoms with E-state index in [2.05, 4.69) is 50.2 Å². The monoisotopic (exact) mass is 252 g/mol. The predicted molar refractivity (Wildman–Crippen MR) is 75.4 cm³/mol. The molecule has 0 radical (unpaired) electrons. The molecule has 0 saturated heterocycles. The van der Waals surface area contributed by atoms with Crippen LogP contribution in [-0.2, 0) is 13.5 Å². The summed E-state index contributed by atoms with van der Waals surface area (Å²) in [4.78, 5) is 0. The SMILES string of the molecule is CC(C)CNCC(C)(Cc1cn(C)nn1)C(C)C. The van der Waals surface area contributed by atoms with Crippen molar-refractivity contribution in [3.8, 4) is 0 Å². The topological polar surface area (TPSA) is 42.7 Å². The lowest BCUT2D eigenvalue weighted by Crippen LogP contribution is -2.39. The van der Waals surface area contributed by atoms with E-state index in [9.17, 15) is 0 Å². The first kappa shape index (κ1) is 15.2. The average molecular weight is 252 g/mol. The summed E-state index contributed by atoms with van der Waals surface area (Å²) in [6, 6.07) is 0. The van der Waals surface area contributed by atoms with Crippen LogP contribution in [0.15, 0.2) is 6.20 Å². The van der Waals surface area contributed by atoms with Crippen molar-refractivity contribution in [3.63, 3.8) is 0 Å². The molecule has 0 aliphatic rings. The van der Waals surface area contributed by atoms with E-state index in [1.807, 2.05) is 13.2 Å². The second-order valence-corrected chi connectivity index (χ2v) is 6.39. The maximum absolute atomic E-state index is 4.21. The molecule has 0 aliphatic heterocycles. The minimum atomic E-state index is 0.227. The fourth-order valence-electron chi connectivity index (χ4n) is 2.01. The van der Waals surface area contributed by atoms with Gasteiger partial charge in [-0.15, -0.1) is 5.10 Å². The number of hydrogen-bond donors (Lipinski definition) is 1. The molecule has 0 bridgehead atoms. The highest BCUT2D eigenvalue weighted by Gasteiger charge is 2.29. The van der Waals surface area contributed by atoms with Gasteiger partial charge in [0.05, 0.1) is 5.69 Å². The Bertz CT molecular complexity index is 356. The summed E-state index contributed by atoms with van der Waals surface area (Å²) in [6.45, 7) is 13.5. The van der Waals surface area contributed by atoms with E-state index in [0.29, 0.717) is 11.8 Å². The molecule has 1 N–H and O–H groups in total. The lowest BCUT2D eigenvalue weighted by atomic mass is 9.75. The largest absolute Gasteiger partial charge is 0.316 e. The number of nitrogens with zero attached hydrogens (tertiary/aromatic N) is 3. The maximum Gasteiger partial charge on any atom is 0.0833 e. The molecule has 1 aromatic heterocycles. The number of rotatable bonds is 7. The molecule has 1 heterocycles. The van der Waals surface area contributed by atoms with Crippen molar-refractivity contribution in [2.75, 3.05) is 13.1 Å². The third-order valence-electron chi connectivity index (χ3n) is 3.71. The smallest absolute Gasteiger partial charge is 0.0833 e. The molecule has 18 heavy (non-hydrogen) atoms. The van der Waals surface area contributed by atoms with Crippen LogP contribution < -0.4 is 5.32 Å². The van der Waals surface area contributed by atoms with E-state index in [1.165, 1.54) is 0 Å². The molecule has 1 unspecified atom stereocenters. The van der Waals surface area contributed by atoms with Crippen molar-refractivity contribution in [2.24, 2.45) is 24.3 Å². The van der Waals surface area contributed by atoms with Gasteiger partial charge in [0, 0.05) is 19.8 Å². The van der Waals surface area contributed by atoms with Crippen LogP contribution in [0, 0.1) is 17.3 Å². The van der Waals surface area contributed by atoms with Crippen molar-refractivity contribution < 1.29 is 0 Å². The van der Waals surface area contributed by atoms with Crippen LogP contribution in [0.25, 0.3) is 0 Å². The van der Waals surface area contributed by atoms with Crippen molar-refractivity contribution in [3.05, 3.63) is 11.9 Å². The fourth-order valence-corrected chi connectivity index (χ4v) is 2.01. The van der Waals surface area contributed by atoms with Gasteiger partial charge in [-0.3, -0.25) is 4.68 Å². The zero-order valence-corrected chi connectivity index (χ0v) is 12.7. The molecule has 0 amide bonds. The van der Waals surface area contributed by atoms with Crippen LogP contribution in [-0.4, -0.2) is 28.1 Å². The molecular weight excluding hydrogens is 224 g/mol. The highest BCUT2D eigenvalue weighted by atomic mass is 15.4. The number of aryl methyl sites for hydroxylation is 1. The third-order valence-corrected chi connectivity index (χ3v) is 3.71. The summed E-state index contributed by atoms with van der Waals surface area (Å²) in [7, 11) is 1.92. The Hall–Kier alpha value is -0.900. The molecule has 0 aliphatic carbocycles. The Morgan fingerprint density at radius 2 is 2.00 bits per heavy atom. The van der Waals surface area contributed by atoms with Crippen molar-refractivity contribution in [1.29, 1.82) is 0 Å². The van der Waals surface area contributed by atoms with Gasteiger partial charge in [-0.2, -0.15) is 0 Å². The van der Waals surface area contributed by atoms with E-state index in [-0.39, 0.29) is 5.41 Å². The molecule has 1 aromatic rings. The Balaban J connectivity index is 2.62. The molecule has 4 nitrogen and oxygen atoms in total. The molecule has 1 rings (SSSR count). The highest BCUT2D eigenvalue weighted by molar-refractivity contribution is 4.99. The Kier molecular flexibility index (Phi) is 5.32. The van der Waals surface area contributed by atoms with Gasteiger partial charge in [0.25, 0.3) is 0 Å². The second-order valence-electron chi connectivity index (χ2n) is 6.39. The van der Waals surface area contributed by atoms with Gasteiger partial charge >= 0.3 is 0 Å². The van der Waals surface area contributed by atoms with Crippen LogP contribution in [0.1, 0.15) is 40.3 Å². The second kappa shape index (κ2) is 6.32. The minimum Gasteiger partial charge on any atom is -0.316 e. The Labute approximate surface area is 111 Å². The van der Waals surface area contributed by atoms with Crippen molar-refractivity contribution in [1.82, 2.24) is 20.3 Å². The van der Waals surface area contributed by atoms with Crippen molar-refractivity contribution in [2.45, 2.75) is 41.0 Å². The Morgan fingerprint density at radius 1 is 1.33 bits per heavy atom. The number of aromatic nitrogens is 3. The first-order chi connectivity index (χ1) is 8.33. The van der Waals surface area contributed by atoms with E-state index in [4.69, 9.17) is 0 Å². The van der Waals surface area contributed by atoms with E-state index in [0.717, 1.165) is 25.2 Å². The summed E-state index contributed by atoms with van der Waals surface area (Å²) in [5.74, 6) is 1.30. The molecule has 1 atom stereocenters. The molecule has 104 valence electrons. The van der Waals surface area contributed by atoms with Gasteiger partial charge in [0.1, 0.15) is 0 Å². The van der Waals surface area contributed by atoms with E-state index < -0.39 is 0 Å². The van der Waals surface area contributed by atoms with Gasteiger partial charge < -0.3 is 5.32 Å². The van der Waals surface area contributed by atoms with Crippen LogP contribution in [0.4, 0.5) is 0 Å². The number of nitrogens with one attached hydrogen (secondary N) is 1. The predicted octanol–water partition coefficient (Wildman–Crippen LogP) is 2.27. The summed E-state index contributed by atoms with van der Waals surface area (Å²) < 4.78 is 1.78. The quantitative estimate of drug-likeness (QED) is 0.809. The summed E-state index contributed by atoms with van der Waals surface area (Å²) in [6.07, 6.45) is 2.99.